The van der Waals surface area contributed by atoms with Crippen LogP contribution in [0.15, 0.2) is 18.2 Å². The molecule has 0 unspecified atom stereocenters. The van der Waals surface area contributed by atoms with E-state index in [1.165, 1.54) is 0 Å². The van der Waals surface area contributed by atoms with Crippen LogP contribution in [-0.4, -0.2) is 17.2 Å². The van der Waals surface area contributed by atoms with E-state index >= 15 is 0 Å². The minimum atomic E-state index is -0.0951. The van der Waals surface area contributed by atoms with Gasteiger partial charge in [0.25, 0.3) is 0 Å². The Bertz CT molecular complexity index is 555. The summed E-state index contributed by atoms with van der Waals surface area (Å²) in [6.07, 6.45) is 0.793. The van der Waals surface area contributed by atoms with Gasteiger partial charge in [-0.25, -0.2) is 4.98 Å². The number of rotatable bonds is 3. The molecule has 3 nitrogen and oxygen atoms in total. The first-order chi connectivity index (χ1) is 8.21. The first kappa shape index (κ1) is 12.1. The van der Waals surface area contributed by atoms with E-state index in [2.05, 4.69) is 4.98 Å². The Kier molecular flexibility index (Phi) is 3.50. The second kappa shape index (κ2) is 4.90. The molecule has 1 heterocycles. The molecule has 90 valence electrons. The molecule has 0 aliphatic heterocycles. The van der Waals surface area contributed by atoms with Crippen molar-refractivity contribution in [1.82, 2.24) is 4.98 Å². The van der Waals surface area contributed by atoms with Gasteiger partial charge < -0.3 is 9.84 Å². The van der Waals surface area contributed by atoms with E-state index in [0.717, 1.165) is 28.6 Å². The lowest BCUT2D eigenvalue weighted by Crippen LogP contribution is -1.99. The summed E-state index contributed by atoms with van der Waals surface area (Å²) in [4.78, 5) is 4.28. The summed E-state index contributed by atoms with van der Waals surface area (Å²) in [5, 5.41) is 10.7. The Morgan fingerprint density at radius 1 is 1.35 bits per heavy atom. The van der Waals surface area contributed by atoms with Crippen molar-refractivity contribution in [3.05, 3.63) is 34.5 Å². The van der Waals surface area contributed by atoms with Gasteiger partial charge in [-0.1, -0.05) is 18.5 Å². The first-order valence-corrected chi connectivity index (χ1v) is 5.85. The Hall–Kier alpha value is -1.32. The van der Waals surface area contributed by atoms with Crippen LogP contribution in [0, 0.1) is 0 Å². The maximum atomic E-state index is 9.36. The number of benzene rings is 1. The van der Waals surface area contributed by atoms with Crippen LogP contribution in [0.4, 0.5) is 0 Å². The predicted octanol–water partition coefficient (Wildman–Crippen LogP) is 2.95. The van der Waals surface area contributed by atoms with Crippen LogP contribution in [0.5, 0.6) is 5.75 Å². The van der Waals surface area contributed by atoms with Gasteiger partial charge in [-0.3, -0.25) is 0 Å². The molecule has 17 heavy (non-hydrogen) atoms. The summed E-state index contributed by atoms with van der Waals surface area (Å²) in [5.74, 6) is 0.778. The summed E-state index contributed by atoms with van der Waals surface area (Å²) in [7, 11) is 1.63. The summed E-state index contributed by atoms with van der Waals surface area (Å²) in [5.41, 5.74) is 2.56. The van der Waals surface area contributed by atoms with Gasteiger partial charge in [0.15, 0.2) is 0 Å². The third-order valence-electron chi connectivity index (χ3n) is 2.87. The lowest BCUT2D eigenvalue weighted by atomic mass is 10.0. The number of nitrogens with zero attached hydrogens (tertiary/aromatic N) is 1. The topological polar surface area (TPSA) is 42.4 Å². The number of aliphatic hydroxyl groups excluding tert-OH is 1. The fourth-order valence-electron chi connectivity index (χ4n) is 2.01. The second-order valence-corrected chi connectivity index (χ2v) is 4.11. The van der Waals surface area contributed by atoms with Crippen LogP contribution in [0.25, 0.3) is 10.9 Å². The van der Waals surface area contributed by atoms with Gasteiger partial charge in [-0.15, -0.1) is 0 Å². The van der Waals surface area contributed by atoms with Crippen LogP contribution in [-0.2, 0) is 13.0 Å². The third-order valence-corrected chi connectivity index (χ3v) is 3.19. The molecule has 0 aliphatic carbocycles. The fourth-order valence-corrected chi connectivity index (χ4v) is 2.27. The minimum absolute atomic E-state index is 0.0951. The van der Waals surface area contributed by atoms with Crippen LogP contribution in [0.3, 0.4) is 0 Å². The van der Waals surface area contributed by atoms with E-state index in [-0.39, 0.29) is 6.61 Å². The highest BCUT2D eigenvalue weighted by Gasteiger charge is 2.12. The number of ether oxygens (including phenoxy) is 1. The number of methoxy groups -OCH3 is 1. The Labute approximate surface area is 105 Å². The van der Waals surface area contributed by atoms with Crippen molar-refractivity contribution in [2.24, 2.45) is 0 Å². The Morgan fingerprint density at radius 3 is 2.71 bits per heavy atom. The predicted molar refractivity (Wildman–Crippen MR) is 68.6 cm³/mol. The fraction of sp³-hybridized carbons (Fsp3) is 0.308. The first-order valence-electron chi connectivity index (χ1n) is 5.47. The number of aliphatic hydroxyl groups is 1. The maximum absolute atomic E-state index is 9.36. The van der Waals surface area contributed by atoms with Gasteiger partial charge in [-0.2, -0.15) is 0 Å². The minimum Gasteiger partial charge on any atom is -0.497 e. The Morgan fingerprint density at radius 2 is 2.12 bits per heavy atom. The molecule has 0 saturated carbocycles. The van der Waals surface area contributed by atoms with Crippen molar-refractivity contribution >= 4 is 22.5 Å². The summed E-state index contributed by atoms with van der Waals surface area (Å²) in [6, 6.07) is 5.65. The van der Waals surface area contributed by atoms with Gasteiger partial charge in [0.1, 0.15) is 10.9 Å². The monoisotopic (exact) mass is 251 g/mol. The van der Waals surface area contributed by atoms with Crippen LogP contribution in [0.1, 0.15) is 18.1 Å². The number of hydrogen-bond acceptors (Lipinski definition) is 3. The number of hydrogen-bond donors (Lipinski definition) is 1. The van der Waals surface area contributed by atoms with Crippen LogP contribution >= 0.6 is 11.6 Å². The molecular weight excluding hydrogens is 238 g/mol. The van der Waals surface area contributed by atoms with E-state index in [1.54, 1.807) is 7.11 Å². The van der Waals surface area contributed by atoms with Crippen molar-refractivity contribution in [1.29, 1.82) is 0 Å². The highest BCUT2D eigenvalue weighted by atomic mass is 35.5. The second-order valence-electron chi connectivity index (χ2n) is 3.75. The van der Waals surface area contributed by atoms with Gasteiger partial charge in [0.05, 0.1) is 19.2 Å². The maximum Gasteiger partial charge on any atom is 0.135 e. The van der Waals surface area contributed by atoms with Crippen LogP contribution in [0.2, 0.25) is 5.15 Å². The van der Waals surface area contributed by atoms with Crippen molar-refractivity contribution < 1.29 is 9.84 Å². The number of aromatic nitrogens is 1. The largest absolute Gasteiger partial charge is 0.497 e. The van der Waals surface area contributed by atoms with Crippen molar-refractivity contribution in [2.45, 2.75) is 20.0 Å². The molecule has 1 aromatic heterocycles. The molecule has 2 aromatic rings. The number of halogens is 1. The van der Waals surface area contributed by atoms with Gasteiger partial charge >= 0.3 is 0 Å². The zero-order chi connectivity index (χ0) is 12.4. The molecule has 0 spiro atoms. The van der Waals surface area contributed by atoms with Gasteiger partial charge in [-0.05, 0) is 30.2 Å². The summed E-state index contributed by atoms with van der Waals surface area (Å²) in [6.45, 7) is 1.94. The molecule has 1 N–H and O–H groups in total. The average molecular weight is 252 g/mol. The van der Waals surface area contributed by atoms with E-state index in [9.17, 15) is 5.11 Å². The van der Waals surface area contributed by atoms with Gasteiger partial charge in [0.2, 0.25) is 0 Å². The van der Waals surface area contributed by atoms with E-state index < -0.39 is 0 Å². The van der Waals surface area contributed by atoms with E-state index in [1.807, 2.05) is 25.1 Å². The number of fused-ring (bicyclic) bond motifs is 1. The molecule has 4 heteroatoms. The average Bonchev–Trinajstić information content (AvgIpc) is 2.36. The lowest BCUT2D eigenvalue weighted by Gasteiger charge is -2.12. The quantitative estimate of drug-likeness (QED) is 0.853. The van der Waals surface area contributed by atoms with Crippen molar-refractivity contribution in [3.63, 3.8) is 0 Å². The molecule has 1 aromatic carbocycles. The highest BCUT2D eigenvalue weighted by Crippen LogP contribution is 2.29. The van der Waals surface area contributed by atoms with Gasteiger partial charge in [0, 0.05) is 10.9 Å². The smallest absolute Gasteiger partial charge is 0.135 e. The van der Waals surface area contributed by atoms with Crippen molar-refractivity contribution in [2.75, 3.05) is 7.11 Å². The normalized spacial score (nSPS) is 10.8. The highest BCUT2D eigenvalue weighted by molar-refractivity contribution is 6.30. The Balaban J connectivity index is 2.80. The standard InChI is InChI=1S/C13H14ClNO2/c1-3-9-10-6-8(17-2)4-5-12(10)15-13(14)11(9)7-16/h4-6,16H,3,7H2,1-2H3. The van der Waals surface area contributed by atoms with Crippen LogP contribution < -0.4 is 4.74 Å². The van der Waals surface area contributed by atoms with E-state index in [4.69, 9.17) is 16.3 Å². The molecule has 0 radical (unpaired) electrons. The molecular formula is C13H14ClNO2. The van der Waals surface area contributed by atoms with E-state index in [0.29, 0.717) is 10.7 Å². The molecule has 0 atom stereocenters. The molecule has 0 bridgehead atoms. The molecule has 0 amide bonds. The molecule has 0 fully saturated rings. The lowest BCUT2D eigenvalue weighted by molar-refractivity contribution is 0.280. The molecule has 0 saturated heterocycles. The molecule has 2 rings (SSSR count). The third kappa shape index (κ3) is 2.08. The summed E-state index contributed by atoms with van der Waals surface area (Å²) >= 11 is 6.06. The zero-order valence-electron chi connectivity index (χ0n) is 9.83. The molecule has 0 aliphatic rings. The number of aryl methyl sites for hydroxylation is 1. The SMILES string of the molecule is CCc1c(CO)c(Cl)nc2ccc(OC)cc12. The summed E-state index contributed by atoms with van der Waals surface area (Å²) < 4.78 is 5.20. The van der Waals surface area contributed by atoms with Crippen molar-refractivity contribution in [3.8, 4) is 5.75 Å². The zero-order valence-corrected chi connectivity index (χ0v) is 10.6. The number of pyridine rings is 1.